The first kappa shape index (κ1) is 15.5. The van der Waals surface area contributed by atoms with Gasteiger partial charge in [-0.1, -0.05) is 13.8 Å². The molecule has 0 spiro atoms. The van der Waals surface area contributed by atoms with Crippen LogP contribution in [0.3, 0.4) is 0 Å². The first-order valence-corrected chi connectivity index (χ1v) is 6.99. The van der Waals surface area contributed by atoms with Crippen LogP contribution in [-0.4, -0.2) is 44.1 Å². The van der Waals surface area contributed by atoms with Crippen molar-refractivity contribution in [3.05, 3.63) is 29.6 Å². The number of imidazole rings is 1. The number of aromatic nitrogens is 2. The Morgan fingerprint density at radius 3 is 2.43 bits per heavy atom. The van der Waals surface area contributed by atoms with Gasteiger partial charge in [-0.3, -0.25) is 0 Å². The Hall–Kier alpha value is -1.92. The van der Waals surface area contributed by atoms with E-state index in [0.29, 0.717) is 23.9 Å². The lowest BCUT2D eigenvalue weighted by Crippen LogP contribution is -2.41. The van der Waals surface area contributed by atoms with Crippen LogP contribution >= 0.6 is 0 Å². The lowest BCUT2D eigenvalue weighted by Gasteiger charge is -2.32. The van der Waals surface area contributed by atoms with Crippen molar-refractivity contribution in [2.24, 2.45) is 0 Å². The molecule has 0 fully saturated rings. The van der Waals surface area contributed by atoms with Crippen LogP contribution in [0.4, 0.5) is 0 Å². The second-order valence-electron chi connectivity index (χ2n) is 5.12. The van der Waals surface area contributed by atoms with Gasteiger partial charge in [-0.25, -0.2) is 9.78 Å². The molecule has 3 N–H and O–H groups in total. The number of hydrogen-bond donors (Lipinski definition) is 3. The SMILES string of the molecule is CCc1nc2ccc(C(=O)O)cc2n1C(CC)(CO)CO. The van der Waals surface area contributed by atoms with Crippen molar-refractivity contribution in [1.82, 2.24) is 9.55 Å². The van der Waals surface area contributed by atoms with Crippen LogP contribution in [0.25, 0.3) is 11.0 Å². The van der Waals surface area contributed by atoms with Gasteiger partial charge >= 0.3 is 5.97 Å². The Bertz CT molecular complexity index is 651. The highest BCUT2D eigenvalue weighted by molar-refractivity contribution is 5.92. The molecule has 6 heteroatoms. The number of carbonyl (C=O) groups is 1. The molecule has 0 saturated heterocycles. The fourth-order valence-electron chi connectivity index (χ4n) is 2.60. The molecule has 0 aliphatic heterocycles. The molecular formula is C15H20N2O4. The van der Waals surface area contributed by atoms with E-state index in [1.54, 1.807) is 16.7 Å². The standard InChI is InChI=1S/C15H20N2O4/c1-3-13-16-11-6-5-10(14(20)21)7-12(11)17(13)15(4-2,8-18)9-19/h5-7,18-19H,3-4,8-9H2,1-2H3,(H,20,21). The average Bonchev–Trinajstić information content (AvgIpc) is 2.88. The summed E-state index contributed by atoms with van der Waals surface area (Å²) < 4.78 is 1.79. The number of aromatic carboxylic acids is 1. The van der Waals surface area contributed by atoms with Crippen molar-refractivity contribution >= 4 is 17.0 Å². The van der Waals surface area contributed by atoms with Gasteiger partial charge in [0.15, 0.2) is 0 Å². The Morgan fingerprint density at radius 1 is 1.29 bits per heavy atom. The lowest BCUT2D eigenvalue weighted by atomic mass is 9.97. The molecule has 0 atom stereocenters. The number of aliphatic hydroxyl groups excluding tert-OH is 2. The second kappa shape index (κ2) is 5.83. The number of benzene rings is 1. The molecule has 0 amide bonds. The summed E-state index contributed by atoms with van der Waals surface area (Å²) in [4.78, 5) is 15.7. The number of carboxylic acid groups (broad SMARTS) is 1. The summed E-state index contributed by atoms with van der Waals surface area (Å²) in [6.07, 6.45) is 1.13. The highest BCUT2D eigenvalue weighted by atomic mass is 16.4. The van der Waals surface area contributed by atoms with Gasteiger partial charge in [0, 0.05) is 6.42 Å². The molecule has 1 aromatic carbocycles. The van der Waals surface area contributed by atoms with E-state index in [9.17, 15) is 15.0 Å². The lowest BCUT2D eigenvalue weighted by molar-refractivity contribution is 0.0607. The summed E-state index contributed by atoms with van der Waals surface area (Å²) in [7, 11) is 0. The van der Waals surface area contributed by atoms with Gasteiger partial charge in [-0.05, 0) is 24.6 Å². The summed E-state index contributed by atoms with van der Waals surface area (Å²) in [5, 5.41) is 28.7. The van der Waals surface area contributed by atoms with E-state index >= 15 is 0 Å². The molecule has 0 unspecified atom stereocenters. The van der Waals surface area contributed by atoms with E-state index in [1.807, 2.05) is 13.8 Å². The molecule has 0 aliphatic rings. The van der Waals surface area contributed by atoms with Crippen LogP contribution in [-0.2, 0) is 12.0 Å². The topological polar surface area (TPSA) is 95.6 Å². The van der Waals surface area contributed by atoms with E-state index in [-0.39, 0.29) is 18.8 Å². The number of aryl methyl sites for hydroxylation is 1. The molecule has 6 nitrogen and oxygen atoms in total. The van der Waals surface area contributed by atoms with Crippen molar-refractivity contribution in [3.63, 3.8) is 0 Å². The zero-order valence-corrected chi connectivity index (χ0v) is 12.2. The van der Waals surface area contributed by atoms with Gasteiger partial charge in [0.2, 0.25) is 0 Å². The zero-order chi connectivity index (χ0) is 15.6. The fraction of sp³-hybridized carbons (Fsp3) is 0.467. The van der Waals surface area contributed by atoms with E-state index < -0.39 is 11.5 Å². The zero-order valence-electron chi connectivity index (χ0n) is 12.2. The third-order valence-corrected chi connectivity index (χ3v) is 4.01. The van der Waals surface area contributed by atoms with Crippen LogP contribution in [0.5, 0.6) is 0 Å². The van der Waals surface area contributed by atoms with Gasteiger partial charge in [0.05, 0.1) is 35.3 Å². The Labute approximate surface area is 122 Å². The molecule has 1 aromatic heterocycles. The van der Waals surface area contributed by atoms with E-state index in [2.05, 4.69) is 4.98 Å². The number of hydrogen-bond acceptors (Lipinski definition) is 4. The van der Waals surface area contributed by atoms with Gasteiger partial charge in [-0.2, -0.15) is 0 Å². The number of fused-ring (bicyclic) bond motifs is 1. The van der Waals surface area contributed by atoms with Crippen LogP contribution < -0.4 is 0 Å². The maximum Gasteiger partial charge on any atom is 0.335 e. The number of carboxylic acids is 1. The van der Waals surface area contributed by atoms with Crippen LogP contribution in [0.2, 0.25) is 0 Å². The normalized spacial score (nSPS) is 12.0. The smallest absolute Gasteiger partial charge is 0.335 e. The van der Waals surface area contributed by atoms with E-state index in [0.717, 1.165) is 5.82 Å². The van der Waals surface area contributed by atoms with E-state index in [1.165, 1.54) is 6.07 Å². The van der Waals surface area contributed by atoms with Gasteiger partial charge < -0.3 is 19.9 Å². The number of rotatable bonds is 6. The number of aliphatic hydroxyl groups is 2. The van der Waals surface area contributed by atoms with Crippen LogP contribution in [0, 0.1) is 0 Å². The Morgan fingerprint density at radius 2 is 1.95 bits per heavy atom. The average molecular weight is 292 g/mol. The second-order valence-corrected chi connectivity index (χ2v) is 5.12. The maximum absolute atomic E-state index is 11.2. The Kier molecular flexibility index (Phi) is 4.29. The Balaban J connectivity index is 2.80. The molecular weight excluding hydrogens is 272 g/mol. The predicted molar refractivity (Wildman–Crippen MR) is 78.5 cm³/mol. The summed E-state index contributed by atoms with van der Waals surface area (Å²) in [6.45, 7) is 3.33. The first-order chi connectivity index (χ1) is 10.0. The third-order valence-electron chi connectivity index (χ3n) is 4.01. The molecule has 21 heavy (non-hydrogen) atoms. The molecule has 114 valence electrons. The van der Waals surface area contributed by atoms with Gasteiger partial charge in [0.1, 0.15) is 5.82 Å². The quantitative estimate of drug-likeness (QED) is 0.747. The summed E-state index contributed by atoms with van der Waals surface area (Å²) in [5.41, 5.74) is 0.567. The van der Waals surface area contributed by atoms with Crippen molar-refractivity contribution in [2.45, 2.75) is 32.2 Å². The highest BCUT2D eigenvalue weighted by Gasteiger charge is 2.32. The van der Waals surface area contributed by atoms with E-state index in [4.69, 9.17) is 5.11 Å². The molecule has 0 radical (unpaired) electrons. The van der Waals surface area contributed by atoms with Crippen molar-refractivity contribution < 1.29 is 20.1 Å². The minimum absolute atomic E-state index is 0.159. The minimum Gasteiger partial charge on any atom is -0.478 e. The molecule has 0 bridgehead atoms. The van der Waals surface area contributed by atoms with Crippen molar-refractivity contribution in [2.75, 3.05) is 13.2 Å². The van der Waals surface area contributed by atoms with Crippen LogP contribution in [0.1, 0.15) is 36.5 Å². The third kappa shape index (κ3) is 2.41. The maximum atomic E-state index is 11.2. The van der Waals surface area contributed by atoms with Gasteiger partial charge in [-0.15, -0.1) is 0 Å². The molecule has 1 heterocycles. The highest BCUT2D eigenvalue weighted by Crippen LogP contribution is 2.29. The number of nitrogens with zero attached hydrogens (tertiary/aromatic N) is 2. The molecule has 2 aromatic rings. The van der Waals surface area contributed by atoms with Crippen molar-refractivity contribution in [3.8, 4) is 0 Å². The predicted octanol–water partition coefficient (Wildman–Crippen LogP) is 1.39. The monoisotopic (exact) mass is 292 g/mol. The summed E-state index contributed by atoms with van der Waals surface area (Å²) >= 11 is 0. The first-order valence-electron chi connectivity index (χ1n) is 6.99. The summed E-state index contributed by atoms with van der Waals surface area (Å²) in [6, 6.07) is 4.70. The molecule has 0 saturated carbocycles. The molecule has 2 rings (SSSR count). The summed E-state index contributed by atoms with van der Waals surface area (Å²) in [5.74, 6) is -0.296. The minimum atomic E-state index is -1.02. The fourth-order valence-corrected chi connectivity index (χ4v) is 2.60. The van der Waals surface area contributed by atoms with Crippen LogP contribution in [0.15, 0.2) is 18.2 Å². The largest absolute Gasteiger partial charge is 0.478 e. The van der Waals surface area contributed by atoms with Crippen molar-refractivity contribution in [1.29, 1.82) is 0 Å². The van der Waals surface area contributed by atoms with Gasteiger partial charge in [0.25, 0.3) is 0 Å². The molecule has 0 aliphatic carbocycles.